The lowest BCUT2D eigenvalue weighted by Gasteiger charge is -2.28. The monoisotopic (exact) mass is 742 g/mol. The second-order valence-corrected chi connectivity index (χ2v) is 14.3. The number of nitrogens with zero attached hydrogens (tertiary/aromatic N) is 4. The van der Waals surface area contributed by atoms with Crippen molar-refractivity contribution in [2.45, 2.75) is 77.0 Å². The molecular weight excluding hydrogens is 704 g/mol. The molecule has 0 aliphatic carbocycles. The molecule has 0 saturated carbocycles. The van der Waals surface area contributed by atoms with Gasteiger partial charge in [0.05, 0.1) is 71.9 Å². The van der Waals surface area contributed by atoms with Gasteiger partial charge < -0.3 is 34.3 Å². The largest absolute Gasteiger partial charge is 0.481 e. The van der Waals surface area contributed by atoms with Gasteiger partial charge in [0.2, 0.25) is 0 Å². The van der Waals surface area contributed by atoms with Crippen LogP contribution in [0.3, 0.4) is 0 Å². The van der Waals surface area contributed by atoms with Crippen molar-refractivity contribution < 1.29 is 34.8 Å². The van der Waals surface area contributed by atoms with E-state index in [1.807, 2.05) is 60.7 Å². The number of fused-ring (bicyclic) bond motifs is 9. The van der Waals surface area contributed by atoms with Gasteiger partial charge in [0.25, 0.3) is 11.1 Å². The average Bonchev–Trinajstić information content (AvgIpc) is 3.68. The Balaban J connectivity index is 0.000000155. The maximum absolute atomic E-state index is 13.2. The fourth-order valence-corrected chi connectivity index (χ4v) is 8.07. The van der Waals surface area contributed by atoms with Crippen LogP contribution in [0.2, 0.25) is 0 Å². The molecule has 4 N–H and O–H groups in total. The van der Waals surface area contributed by atoms with Crippen LogP contribution < -0.4 is 11.1 Å². The molecule has 0 fully saturated rings. The third kappa shape index (κ3) is 5.91. The van der Waals surface area contributed by atoms with E-state index in [2.05, 4.69) is 11.1 Å². The average molecular weight is 743 g/mol. The minimum absolute atomic E-state index is 0.0201. The summed E-state index contributed by atoms with van der Waals surface area (Å²) in [6.45, 7) is 3.50. The topological polar surface area (TPSA) is 194 Å². The summed E-state index contributed by atoms with van der Waals surface area (Å²) in [7, 11) is 0. The number of pyridine rings is 4. The molecule has 0 radical (unpaired) electrons. The molecule has 0 spiro atoms. The van der Waals surface area contributed by atoms with E-state index in [0.717, 1.165) is 38.6 Å². The van der Waals surface area contributed by atoms with Crippen molar-refractivity contribution in [3.8, 4) is 22.8 Å². The van der Waals surface area contributed by atoms with Crippen molar-refractivity contribution in [3.63, 3.8) is 0 Å². The fourth-order valence-electron chi connectivity index (χ4n) is 8.07. The molecule has 13 nitrogen and oxygen atoms in total. The SMILES string of the molecule is CCC(O)(CC(=O)O)c1cc2n(c(=O)c1CO)Cc1cc3ccccc3nc1-2.CCC1(O)CC(=O)OCc2c1cc1n(c2=O)Cc2cc3ccccc3nc2-1. The first-order valence-electron chi connectivity index (χ1n) is 18.1. The minimum Gasteiger partial charge on any atom is -0.481 e. The maximum atomic E-state index is 13.2. The number of carbonyl (C=O) groups excluding carboxylic acids is 1. The number of ether oxygens (including phenoxy) is 1. The Morgan fingerprint density at radius 1 is 0.855 bits per heavy atom. The number of hydrogen-bond acceptors (Lipinski definition) is 10. The van der Waals surface area contributed by atoms with Crippen LogP contribution in [0.4, 0.5) is 0 Å². The number of aliphatic carboxylic acids is 1. The van der Waals surface area contributed by atoms with Crippen LogP contribution in [-0.4, -0.2) is 51.5 Å². The zero-order valence-corrected chi connectivity index (χ0v) is 30.2. The van der Waals surface area contributed by atoms with Crippen molar-refractivity contribution >= 4 is 33.7 Å². The van der Waals surface area contributed by atoms with Crippen molar-refractivity contribution in [3.05, 3.63) is 127 Å². The van der Waals surface area contributed by atoms with Crippen LogP contribution in [0, 0.1) is 0 Å². The van der Waals surface area contributed by atoms with Crippen LogP contribution in [0.25, 0.3) is 44.6 Å². The van der Waals surface area contributed by atoms with E-state index in [1.54, 1.807) is 24.5 Å². The number of carboxylic acid groups (broad SMARTS) is 1. The van der Waals surface area contributed by atoms with Gasteiger partial charge >= 0.3 is 11.9 Å². The summed E-state index contributed by atoms with van der Waals surface area (Å²) in [4.78, 5) is 58.9. The van der Waals surface area contributed by atoms with Crippen molar-refractivity contribution in [2.75, 3.05) is 0 Å². The van der Waals surface area contributed by atoms with Gasteiger partial charge in [0.15, 0.2) is 0 Å². The van der Waals surface area contributed by atoms with Gasteiger partial charge in [0.1, 0.15) is 17.8 Å². The summed E-state index contributed by atoms with van der Waals surface area (Å²) in [6.07, 6.45) is -0.308. The first-order chi connectivity index (χ1) is 26.4. The predicted octanol–water partition coefficient (Wildman–Crippen LogP) is 4.46. The highest BCUT2D eigenvalue weighted by molar-refractivity contribution is 5.85. The lowest BCUT2D eigenvalue weighted by Crippen LogP contribution is -2.34. The van der Waals surface area contributed by atoms with Crippen LogP contribution in [0.5, 0.6) is 0 Å². The Morgan fingerprint density at radius 2 is 1.42 bits per heavy atom. The molecule has 6 aromatic rings. The third-order valence-corrected chi connectivity index (χ3v) is 11.1. The molecule has 2 atom stereocenters. The Bertz CT molecular complexity index is 2720. The molecule has 280 valence electrons. The van der Waals surface area contributed by atoms with E-state index >= 15 is 0 Å². The lowest BCUT2D eigenvalue weighted by atomic mass is 9.85. The van der Waals surface area contributed by atoms with Crippen molar-refractivity contribution in [1.29, 1.82) is 0 Å². The summed E-state index contributed by atoms with van der Waals surface area (Å²) in [5, 5.41) is 43.1. The Morgan fingerprint density at radius 3 is 1.96 bits per heavy atom. The molecule has 2 aromatic carbocycles. The molecule has 13 heteroatoms. The second kappa shape index (κ2) is 13.4. The van der Waals surface area contributed by atoms with E-state index in [-0.39, 0.29) is 36.1 Å². The number of hydrogen-bond donors (Lipinski definition) is 4. The van der Waals surface area contributed by atoms with Crippen LogP contribution >= 0.6 is 0 Å². The Hall–Kier alpha value is -6.02. The molecule has 2 unspecified atom stereocenters. The maximum Gasteiger partial charge on any atom is 0.309 e. The zero-order chi connectivity index (χ0) is 38.8. The van der Waals surface area contributed by atoms with Gasteiger partial charge in [-0.15, -0.1) is 0 Å². The molecule has 3 aliphatic rings. The molecule has 55 heavy (non-hydrogen) atoms. The summed E-state index contributed by atoms with van der Waals surface area (Å²) >= 11 is 0. The van der Waals surface area contributed by atoms with E-state index in [4.69, 9.17) is 9.72 Å². The number of aliphatic hydroxyl groups excluding tert-OH is 1. The van der Waals surface area contributed by atoms with Crippen molar-refractivity contribution in [1.82, 2.24) is 19.1 Å². The molecule has 0 bridgehead atoms. The highest BCUT2D eigenvalue weighted by Gasteiger charge is 2.40. The number of benzene rings is 2. The molecule has 9 rings (SSSR count). The highest BCUT2D eigenvalue weighted by atomic mass is 16.5. The van der Waals surface area contributed by atoms with Gasteiger partial charge in [-0.25, -0.2) is 9.97 Å². The first kappa shape index (κ1) is 36.0. The third-order valence-electron chi connectivity index (χ3n) is 11.1. The normalized spacial score (nSPS) is 17.5. The van der Waals surface area contributed by atoms with E-state index in [0.29, 0.717) is 47.7 Å². The highest BCUT2D eigenvalue weighted by Crippen LogP contribution is 2.40. The molecule has 7 heterocycles. The number of rotatable bonds is 6. The van der Waals surface area contributed by atoms with Crippen LogP contribution in [-0.2, 0) is 51.8 Å². The summed E-state index contributed by atoms with van der Waals surface area (Å²) in [5.74, 6) is -1.68. The van der Waals surface area contributed by atoms with Gasteiger partial charge in [-0.2, -0.15) is 0 Å². The Labute approximate surface area is 313 Å². The summed E-state index contributed by atoms with van der Waals surface area (Å²) < 4.78 is 8.35. The molecule has 0 amide bonds. The number of aromatic nitrogens is 4. The van der Waals surface area contributed by atoms with Gasteiger partial charge in [-0.1, -0.05) is 50.2 Å². The first-order valence-corrected chi connectivity index (χ1v) is 18.1. The summed E-state index contributed by atoms with van der Waals surface area (Å²) in [5.41, 5.74) is 3.26. The molecule has 4 aromatic heterocycles. The van der Waals surface area contributed by atoms with Gasteiger partial charge in [0, 0.05) is 27.5 Å². The van der Waals surface area contributed by atoms with Crippen molar-refractivity contribution in [2.24, 2.45) is 0 Å². The van der Waals surface area contributed by atoms with Crippen LogP contribution in [0.1, 0.15) is 72.9 Å². The summed E-state index contributed by atoms with van der Waals surface area (Å²) in [6, 6.07) is 22.9. The molecular formula is C42H38N4O9. The lowest BCUT2D eigenvalue weighted by molar-refractivity contribution is -0.149. The van der Waals surface area contributed by atoms with Gasteiger partial charge in [-0.3, -0.25) is 19.2 Å². The number of esters is 1. The Kier molecular flexibility index (Phi) is 8.75. The standard InChI is InChI=1S/C21H20N2O5.C21H18N2O4/c1-2-21(28,9-18(25)26)15-8-17-19-13(10-23(17)20(27)14(15)11-24)7-12-5-3-4-6-16(12)22-19;1-2-21(26)9-18(24)27-11-14-15(21)8-17-19-13(10-23(17)20(14)25)7-12-5-3-4-6-16(12)22-19/h3-8,24,28H,2,9-11H2,1H3,(H,25,26);3-8,26H,2,9-11H2,1H3. The molecule has 3 aliphatic heterocycles. The zero-order valence-electron chi connectivity index (χ0n) is 30.2. The quantitative estimate of drug-likeness (QED) is 0.176. The number of aliphatic hydroxyl groups is 3. The number of para-hydroxylation sites is 2. The van der Waals surface area contributed by atoms with Gasteiger partial charge in [-0.05, 0) is 60.4 Å². The van der Waals surface area contributed by atoms with E-state index in [9.17, 15) is 39.6 Å². The number of carboxylic acids is 1. The van der Waals surface area contributed by atoms with E-state index < -0.39 is 41.7 Å². The molecule has 0 saturated heterocycles. The van der Waals surface area contributed by atoms with E-state index in [1.165, 1.54) is 4.57 Å². The van der Waals surface area contributed by atoms with Crippen LogP contribution in [0.15, 0.2) is 82.4 Å². The smallest absolute Gasteiger partial charge is 0.309 e. The second-order valence-electron chi connectivity index (χ2n) is 14.3. The number of cyclic esters (lactones) is 1. The fraction of sp³-hybridized carbons (Fsp3) is 0.286. The predicted molar refractivity (Wildman–Crippen MR) is 202 cm³/mol. The number of carbonyl (C=O) groups is 2. The minimum atomic E-state index is -1.75.